The lowest BCUT2D eigenvalue weighted by Crippen LogP contribution is -2.12. The molecule has 1 aromatic carbocycles. The van der Waals surface area contributed by atoms with Crippen LogP contribution in [0.3, 0.4) is 0 Å². The summed E-state index contributed by atoms with van der Waals surface area (Å²) in [4.78, 5) is 0. The van der Waals surface area contributed by atoms with Gasteiger partial charge in [0.1, 0.15) is 4.21 Å². The molecule has 0 aliphatic heterocycles. The molecule has 2 rings (SSSR count). The molecule has 0 saturated carbocycles. The first-order valence-corrected chi connectivity index (χ1v) is 9.17. The highest BCUT2D eigenvalue weighted by molar-refractivity contribution is 14.1. The van der Waals surface area contributed by atoms with Gasteiger partial charge >= 0.3 is 0 Å². The molecule has 0 fully saturated rings. The van der Waals surface area contributed by atoms with E-state index in [0.717, 1.165) is 14.9 Å². The highest BCUT2D eigenvalue weighted by Crippen LogP contribution is 2.35. The van der Waals surface area contributed by atoms with E-state index in [1.54, 1.807) is 12.1 Å². The fourth-order valence-electron chi connectivity index (χ4n) is 1.20. The van der Waals surface area contributed by atoms with Gasteiger partial charge in [-0.25, -0.2) is 8.42 Å². The molecule has 1 heterocycles. The SMILES string of the molecule is O=S(=O)(Nc1ccccc1I)c1cc(Cl)c(Br)s1. The van der Waals surface area contributed by atoms with Crippen LogP contribution in [-0.4, -0.2) is 8.42 Å². The quantitative estimate of drug-likeness (QED) is 0.657. The van der Waals surface area contributed by atoms with Gasteiger partial charge < -0.3 is 0 Å². The van der Waals surface area contributed by atoms with Crippen molar-refractivity contribution < 1.29 is 8.42 Å². The van der Waals surface area contributed by atoms with Gasteiger partial charge in [-0.2, -0.15) is 0 Å². The van der Waals surface area contributed by atoms with Crippen molar-refractivity contribution in [2.75, 3.05) is 4.72 Å². The second kappa shape index (κ2) is 5.66. The van der Waals surface area contributed by atoms with Crippen molar-refractivity contribution >= 4 is 77.2 Å². The highest BCUT2D eigenvalue weighted by Gasteiger charge is 2.19. The summed E-state index contributed by atoms with van der Waals surface area (Å²) < 4.78 is 28.4. The molecule has 0 unspecified atom stereocenters. The normalized spacial score (nSPS) is 11.5. The van der Waals surface area contributed by atoms with Crippen LogP contribution in [0.4, 0.5) is 5.69 Å². The van der Waals surface area contributed by atoms with Crippen LogP contribution in [0.5, 0.6) is 0 Å². The molecule has 0 radical (unpaired) electrons. The summed E-state index contributed by atoms with van der Waals surface area (Å²) in [6.45, 7) is 0. The van der Waals surface area contributed by atoms with E-state index in [9.17, 15) is 8.42 Å². The Bertz CT molecular complexity index is 667. The highest BCUT2D eigenvalue weighted by atomic mass is 127. The van der Waals surface area contributed by atoms with Crippen LogP contribution in [0.25, 0.3) is 0 Å². The van der Waals surface area contributed by atoms with Gasteiger partial charge in [0.05, 0.1) is 14.5 Å². The Kier molecular flexibility index (Phi) is 4.58. The lowest BCUT2D eigenvalue weighted by atomic mass is 10.3. The second-order valence-electron chi connectivity index (χ2n) is 3.27. The van der Waals surface area contributed by atoms with Gasteiger partial charge in [0.2, 0.25) is 0 Å². The molecular formula is C10H6BrClINO2S2. The zero-order valence-electron chi connectivity index (χ0n) is 8.65. The zero-order chi connectivity index (χ0) is 13.3. The van der Waals surface area contributed by atoms with Crippen molar-refractivity contribution in [1.29, 1.82) is 0 Å². The first kappa shape index (κ1) is 14.6. The zero-order valence-corrected chi connectivity index (χ0v) is 14.8. The van der Waals surface area contributed by atoms with Crippen LogP contribution < -0.4 is 4.72 Å². The van der Waals surface area contributed by atoms with E-state index in [0.29, 0.717) is 14.5 Å². The minimum atomic E-state index is -3.59. The molecule has 3 nitrogen and oxygen atoms in total. The average molecular weight is 479 g/mol. The number of anilines is 1. The van der Waals surface area contributed by atoms with Crippen LogP contribution in [0.15, 0.2) is 38.3 Å². The van der Waals surface area contributed by atoms with E-state index in [1.165, 1.54) is 6.07 Å². The molecule has 8 heteroatoms. The molecule has 0 bridgehead atoms. The summed E-state index contributed by atoms with van der Waals surface area (Å²) in [6.07, 6.45) is 0. The van der Waals surface area contributed by atoms with E-state index in [4.69, 9.17) is 11.6 Å². The Labute approximate surface area is 136 Å². The van der Waals surface area contributed by atoms with E-state index < -0.39 is 10.0 Å². The second-order valence-corrected chi connectivity index (χ2v) is 9.12. The van der Waals surface area contributed by atoms with Gasteiger partial charge in [0.25, 0.3) is 10.0 Å². The van der Waals surface area contributed by atoms with Crippen molar-refractivity contribution in [3.05, 3.63) is 42.7 Å². The third-order valence-corrected chi connectivity index (χ3v) is 7.26. The fourth-order valence-corrected chi connectivity index (χ4v) is 5.38. The van der Waals surface area contributed by atoms with Crippen molar-refractivity contribution in [1.82, 2.24) is 0 Å². The molecule has 0 aliphatic carbocycles. The topological polar surface area (TPSA) is 46.2 Å². The van der Waals surface area contributed by atoms with Crippen molar-refractivity contribution in [3.8, 4) is 0 Å². The smallest absolute Gasteiger partial charge is 0.271 e. The number of para-hydroxylation sites is 1. The summed E-state index contributed by atoms with van der Waals surface area (Å²) in [7, 11) is -3.59. The molecule has 1 aromatic heterocycles. The first-order chi connectivity index (χ1) is 8.40. The van der Waals surface area contributed by atoms with Gasteiger partial charge in [-0.3, -0.25) is 4.72 Å². The largest absolute Gasteiger partial charge is 0.278 e. The van der Waals surface area contributed by atoms with Crippen LogP contribution in [0, 0.1) is 3.57 Å². The molecule has 1 N–H and O–H groups in total. The summed E-state index contributed by atoms with van der Waals surface area (Å²) >= 11 is 12.2. The number of rotatable bonds is 3. The van der Waals surface area contributed by atoms with Gasteiger partial charge in [0, 0.05) is 3.57 Å². The standard InChI is InChI=1S/C10H6BrClINO2S2/c11-10-6(12)5-9(17-10)18(15,16)14-8-4-2-1-3-7(8)13/h1-5,14H. The average Bonchev–Trinajstić information content (AvgIpc) is 2.63. The Morgan fingerprint density at radius 2 is 2.00 bits per heavy atom. The summed E-state index contributed by atoms with van der Waals surface area (Å²) in [5.41, 5.74) is 0.554. The maximum Gasteiger partial charge on any atom is 0.271 e. The van der Waals surface area contributed by atoms with Gasteiger partial charge in [0.15, 0.2) is 0 Å². The molecule has 0 atom stereocenters. The third-order valence-electron chi connectivity index (χ3n) is 2.01. The summed E-state index contributed by atoms with van der Waals surface area (Å²) in [6, 6.07) is 8.59. The van der Waals surface area contributed by atoms with E-state index in [-0.39, 0.29) is 4.21 Å². The maximum absolute atomic E-state index is 12.1. The molecular weight excluding hydrogens is 473 g/mol. The van der Waals surface area contributed by atoms with E-state index >= 15 is 0 Å². The Morgan fingerprint density at radius 3 is 2.56 bits per heavy atom. The van der Waals surface area contributed by atoms with Gasteiger partial charge in [-0.05, 0) is 56.7 Å². The van der Waals surface area contributed by atoms with Crippen LogP contribution >= 0.6 is 61.5 Å². The Hall–Kier alpha value is 0.170. The molecule has 96 valence electrons. The molecule has 0 spiro atoms. The monoisotopic (exact) mass is 477 g/mol. The number of sulfonamides is 1. The van der Waals surface area contributed by atoms with Gasteiger partial charge in [-0.1, -0.05) is 23.7 Å². The maximum atomic E-state index is 12.1. The van der Waals surface area contributed by atoms with Gasteiger partial charge in [-0.15, -0.1) is 11.3 Å². The van der Waals surface area contributed by atoms with E-state index in [1.807, 2.05) is 12.1 Å². The van der Waals surface area contributed by atoms with Crippen LogP contribution in [-0.2, 0) is 10.0 Å². The number of hydrogen-bond donors (Lipinski definition) is 1. The molecule has 2 aromatic rings. The minimum Gasteiger partial charge on any atom is -0.278 e. The first-order valence-electron chi connectivity index (χ1n) is 4.62. The molecule has 0 amide bonds. The lowest BCUT2D eigenvalue weighted by Gasteiger charge is -2.07. The summed E-state index contributed by atoms with van der Waals surface area (Å²) in [5.74, 6) is 0. The molecule has 0 saturated heterocycles. The van der Waals surface area contributed by atoms with E-state index in [2.05, 4.69) is 43.2 Å². The minimum absolute atomic E-state index is 0.180. The van der Waals surface area contributed by atoms with Crippen LogP contribution in [0.1, 0.15) is 0 Å². The third kappa shape index (κ3) is 3.19. The van der Waals surface area contributed by atoms with Crippen molar-refractivity contribution in [2.45, 2.75) is 4.21 Å². The Balaban J connectivity index is 2.36. The fraction of sp³-hybridized carbons (Fsp3) is 0. The number of nitrogens with one attached hydrogen (secondary N) is 1. The van der Waals surface area contributed by atoms with Crippen LogP contribution in [0.2, 0.25) is 5.02 Å². The molecule has 18 heavy (non-hydrogen) atoms. The van der Waals surface area contributed by atoms with Crippen molar-refractivity contribution in [2.24, 2.45) is 0 Å². The molecule has 0 aliphatic rings. The predicted octanol–water partition coefficient (Wildman–Crippen LogP) is 4.57. The lowest BCUT2D eigenvalue weighted by molar-refractivity contribution is 0.603. The number of benzene rings is 1. The summed E-state index contributed by atoms with van der Waals surface area (Å²) in [5, 5.41) is 0.392. The Morgan fingerprint density at radius 1 is 1.33 bits per heavy atom. The van der Waals surface area contributed by atoms with Crippen molar-refractivity contribution in [3.63, 3.8) is 0 Å². The predicted molar refractivity (Wildman–Crippen MR) is 87.0 cm³/mol. The number of thiophene rings is 1. The number of hydrogen-bond acceptors (Lipinski definition) is 3. The number of halogens is 3.